The normalized spacial score (nSPS) is 25.9. The Morgan fingerprint density at radius 3 is 3.00 bits per heavy atom. The molecule has 2 N–H and O–H groups in total. The van der Waals surface area contributed by atoms with E-state index < -0.39 is 0 Å². The Morgan fingerprint density at radius 1 is 1.53 bits per heavy atom. The Labute approximate surface area is 98.2 Å². The average molecular weight is 246 g/mol. The molecule has 0 aromatic heterocycles. The standard InChI is InChI=1S/C11H13ClFNS/c1-6-4-10(14)7-2-3-9(12)11(13)8(7)5-15-6/h2-3,6,10H,4-5,14H2,1H3/t6?,10-/m0/s1. The quantitative estimate of drug-likeness (QED) is 0.757. The maximum Gasteiger partial charge on any atom is 0.146 e. The Hall–Kier alpha value is -0.250. The van der Waals surface area contributed by atoms with E-state index in [0.717, 1.165) is 12.0 Å². The molecule has 0 bridgehead atoms. The monoisotopic (exact) mass is 245 g/mol. The first kappa shape index (κ1) is 11.2. The van der Waals surface area contributed by atoms with Crippen molar-refractivity contribution in [3.05, 3.63) is 34.1 Å². The summed E-state index contributed by atoms with van der Waals surface area (Å²) in [7, 11) is 0. The fourth-order valence-corrected chi connectivity index (χ4v) is 3.14. The molecule has 1 aromatic rings. The van der Waals surface area contributed by atoms with Gasteiger partial charge in [0.05, 0.1) is 5.02 Å². The predicted molar refractivity (Wildman–Crippen MR) is 63.7 cm³/mol. The van der Waals surface area contributed by atoms with E-state index in [1.165, 1.54) is 0 Å². The van der Waals surface area contributed by atoms with Crippen LogP contribution in [0.25, 0.3) is 0 Å². The third-order valence-corrected chi connectivity index (χ3v) is 4.24. The van der Waals surface area contributed by atoms with Crippen LogP contribution < -0.4 is 5.73 Å². The molecule has 82 valence electrons. The van der Waals surface area contributed by atoms with Crippen LogP contribution in [0.1, 0.15) is 30.5 Å². The van der Waals surface area contributed by atoms with Crippen molar-refractivity contribution < 1.29 is 4.39 Å². The van der Waals surface area contributed by atoms with E-state index in [4.69, 9.17) is 17.3 Å². The number of benzene rings is 1. The molecule has 0 saturated carbocycles. The summed E-state index contributed by atoms with van der Waals surface area (Å²) in [6, 6.07) is 3.37. The van der Waals surface area contributed by atoms with Gasteiger partial charge in [0.1, 0.15) is 5.82 Å². The van der Waals surface area contributed by atoms with Crippen LogP contribution in [-0.2, 0) is 5.75 Å². The van der Waals surface area contributed by atoms with Gasteiger partial charge in [0, 0.05) is 22.6 Å². The molecule has 0 saturated heterocycles. The van der Waals surface area contributed by atoms with E-state index in [2.05, 4.69) is 6.92 Å². The molecule has 1 aromatic carbocycles. The first-order valence-corrected chi connectivity index (χ1v) is 6.36. The van der Waals surface area contributed by atoms with Crippen molar-refractivity contribution >= 4 is 23.4 Å². The zero-order chi connectivity index (χ0) is 11.0. The van der Waals surface area contributed by atoms with Gasteiger partial charge in [0.15, 0.2) is 0 Å². The van der Waals surface area contributed by atoms with Crippen LogP contribution in [0.3, 0.4) is 0 Å². The van der Waals surface area contributed by atoms with E-state index in [9.17, 15) is 4.39 Å². The van der Waals surface area contributed by atoms with Crippen LogP contribution in [0, 0.1) is 5.82 Å². The number of hydrogen-bond donors (Lipinski definition) is 1. The average Bonchev–Trinajstić information content (AvgIpc) is 2.32. The molecule has 0 spiro atoms. The van der Waals surface area contributed by atoms with Gasteiger partial charge in [-0.15, -0.1) is 0 Å². The minimum atomic E-state index is -0.300. The van der Waals surface area contributed by atoms with Crippen molar-refractivity contribution in [1.82, 2.24) is 0 Å². The van der Waals surface area contributed by atoms with Crippen molar-refractivity contribution in [1.29, 1.82) is 0 Å². The van der Waals surface area contributed by atoms with Crippen LogP contribution in [-0.4, -0.2) is 5.25 Å². The molecule has 1 aliphatic rings. The highest BCUT2D eigenvalue weighted by Gasteiger charge is 2.23. The van der Waals surface area contributed by atoms with Crippen LogP contribution in [0.15, 0.2) is 12.1 Å². The van der Waals surface area contributed by atoms with E-state index in [-0.39, 0.29) is 16.9 Å². The smallest absolute Gasteiger partial charge is 0.146 e. The first-order chi connectivity index (χ1) is 7.09. The molecule has 0 aliphatic carbocycles. The summed E-state index contributed by atoms with van der Waals surface area (Å²) in [6.45, 7) is 2.12. The second-order valence-electron chi connectivity index (χ2n) is 3.89. The van der Waals surface area contributed by atoms with Crippen molar-refractivity contribution in [2.24, 2.45) is 5.73 Å². The molecule has 1 nitrogen and oxygen atoms in total. The zero-order valence-electron chi connectivity index (χ0n) is 8.47. The lowest BCUT2D eigenvalue weighted by atomic mass is 9.98. The number of rotatable bonds is 0. The minimum absolute atomic E-state index is 0.0724. The minimum Gasteiger partial charge on any atom is -0.324 e. The molecule has 1 unspecified atom stereocenters. The van der Waals surface area contributed by atoms with Gasteiger partial charge in [0.25, 0.3) is 0 Å². The van der Waals surface area contributed by atoms with Crippen molar-refractivity contribution in [2.45, 2.75) is 30.4 Å². The zero-order valence-corrected chi connectivity index (χ0v) is 10.0. The number of nitrogens with two attached hydrogens (primary N) is 1. The molecule has 1 heterocycles. The SMILES string of the molecule is CC1C[C@H](N)c2ccc(Cl)c(F)c2CS1. The molecular weight excluding hydrogens is 233 g/mol. The maximum absolute atomic E-state index is 13.8. The molecule has 1 aliphatic heterocycles. The lowest BCUT2D eigenvalue weighted by Crippen LogP contribution is -2.14. The summed E-state index contributed by atoms with van der Waals surface area (Å²) >= 11 is 7.49. The number of halogens is 2. The van der Waals surface area contributed by atoms with Gasteiger partial charge in [-0.1, -0.05) is 24.6 Å². The second-order valence-corrected chi connectivity index (χ2v) is 5.73. The van der Waals surface area contributed by atoms with Crippen molar-refractivity contribution in [3.8, 4) is 0 Å². The summed E-state index contributed by atoms with van der Waals surface area (Å²) in [5.74, 6) is 0.363. The Balaban J connectivity index is 2.48. The summed E-state index contributed by atoms with van der Waals surface area (Å²) in [6.07, 6.45) is 0.888. The molecule has 0 radical (unpaired) electrons. The van der Waals surface area contributed by atoms with Crippen LogP contribution in [0.4, 0.5) is 4.39 Å². The number of thioether (sulfide) groups is 1. The molecule has 0 amide bonds. The largest absolute Gasteiger partial charge is 0.324 e. The van der Waals surface area contributed by atoms with Crippen molar-refractivity contribution in [2.75, 3.05) is 0 Å². The lowest BCUT2D eigenvalue weighted by Gasteiger charge is -2.14. The molecule has 2 atom stereocenters. The van der Waals surface area contributed by atoms with Gasteiger partial charge in [-0.05, 0) is 18.1 Å². The summed E-state index contributed by atoms with van der Waals surface area (Å²) in [5, 5.41) is 0.654. The molecule has 0 fully saturated rings. The van der Waals surface area contributed by atoms with Gasteiger partial charge in [-0.25, -0.2) is 4.39 Å². The highest BCUT2D eigenvalue weighted by Crippen LogP contribution is 2.36. The van der Waals surface area contributed by atoms with E-state index in [1.807, 2.05) is 6.07 Å². The third kappa shape index (κ3) is 2.14. The lowest BCUT2D eigenvalue weighted by molar-refractivity contribution is 0.601. The van der Waals surface area contributed by atoms with E-state index in [0.29, 0.717) is 16.6 Å². The van der Waals surface area contributed by atoms with E-state index in [1.54, 1.807) is 17.8 Å². The van der Waals surface area contributed by atoms with E-state index >= 15 is 0 Å². The first-order valence-electron chi connectivity index (χ1n) is 4.93. The predicted octanol–water partition coefficient (Wildman–Crippen LogP) is 3.50. The van der Waals surface area contributed by atoms with Gasteiger partial charge >= 0.3 is 0 Å². The third-order valence-electron chi connectivity index (χ3n) is 2.73. The molecule has 2 rings (SSSR count). The summed E-state index contributed by atoms with van der Waals surface area (Å²) in [4.78, 5) is 0. The topological polar surface area (TPSA) is 26.0 Å². The van der Waals surface area contributed by atoms with Gasteiger partial charge < -0.3 is 5.73 Å². The van der Waals surface area contributed by atoms with Crippen LogP contribution >= 0.6 is 23.4 Å². The van der Waals surface area contributed by atoms with Gasteiger partial charge in [-0.2, -0.15) is 11.8 Å². The molecular formula is C11H13ClFNS. The molecule has 15 heavy (non-hydrogen) atoms. The Morgan fingerprint density at radius 2 is 2.27 bits per heavy atom. The summed E-state index contributed by atoms with van der Waals surface area (Å²) in [5.41, 5.74) is 7.63. The second kappa shape index (κ2) is 4.32. The van der Waals surface area contributed by atoms with Crippen molar-refractivity contribution in [3.63, 3.8) is 0 Å². The molecule has 4 heteroatoms. The highest BCUT2D eigenvalue weighted by atomic mass is 35.5. The summed E-state index contributed by atoms with van der Waals surface area (Å²) < 4.78 is 13.8. The highest BCUT2D eigenvalue weighted by molar-refractivity contribution is 7.99. The fourth-order valence-electron chi connectivity index (χ4n) is 1.88. The van der Waals surface area contributed by atoms with Crippen LogP contribution in [0.2, 0.25) is 5.02 Å². The Kier molecular flexibility index (Phi) is 3.24. The number of hydrogen-bond acceptors (Lipinski definition) is 2. The van der Waals surface area contributed by atoms with Gasteiger partial charge in [0.2, 0.25) is 0 Å². The van der Waals surface area contributed by atoms with Crippen LogP contribution in [0.5, 0.6) is 0 Å². The Bertz CT molecular complexity index is 383. The number of fused-ring (bicyclic) bond motifs is 1. The maximum atomic E-state index is 13.8. The fraction of sp³-hybridized carbons (Fsp3) is 0.455. The van der Waals surface area contributed by atoms with Gasteiger partial charge in [-0.3, -0.25) is 0 Å².